The van der Waals surface area contributed by atoms with E-state index in [4.69, 9.17) is 9.84 Å². The molecule has 2 aliphatic heterocycles. The van der Waals surface area contributed by atoms with Crippen LogP contribution in [0.15, 0.2) is 104 Å². The second kappa shape index (κ2) is 14.7. The lowest BCUT2D eigenvalue weighted by Crippen LogP contribution is -2.66. The highest BCUT2D eigenvalue weighted by molar-refractivity contribution is 5.92. The van der Waals surface area contributed by atoms with Crippen LogP contribution >= 0.6 is 0 Å². The number of benzene rings is 4. The fraction of sp³-hybridized carbons (Fsp3) is 0.270. The molecule has 11 heteroatoms. The first kappa shape index (κ1) is 32.7. The molecule has 0 aromatic heterocycles. The zero-order valence-electron chi connectivity index (χ0n) is 26.5. The number of fused-ring (bicyclic) bond motifs is 2. The number of ether oxygens (including phenoxy) is 1. The van der Waals surface area contributed by atoms with Crippen molar-refractivity contribution in [1.82, 2.24) is 25.1 Å². The van der Waals surface area contributed by atoms with Crippen molar-refractivity contribution in [2.45, 2.75) is 31.7 Å². The highest BCUT2D eigenvalue weighted by Gasteiger charge is 2.52. The van der Waals surface area contributed by atoms with E-state index in [1.165, 1.54) is 17.1 Å². The van der Waals surface area contributed by atoms with Gasteiger partial charge in [-0.3, -0.25) is 14.6 Å². The van der Waals surface area contributed by atoms with E-state index in [-0.39, 0.29) is 63.4 Å². The van der Waals surface area contributed by atoms with Crippen LogP contribution in [0, 0.1) is 5.82 Å². The molecule has 0 aliphatic carbocycles. The SMILES string of the molecule is C=CCN(C(=O)NCc1ccc(F)cc1)N1CC(=O)N2[C@@H](Cc3ccc(OCCO)cc3)C(=O)N(Cc3cccc4ccccc34)C[C@@H]21. The molecule has 4 amide bonds. The quantitative estimate of drug-likeness (QED) is 0.224. The summed E-state index contributed by atoms with van der Waals surface area (Å²) in [7, 11) is 0. The van der Waals surface area contributed by atoms with E-state index < -0.39 is 18.2 Å². The first-order chi connectivity index (χ1) is 23.4. The van der Waals surface area contributed by atoms with Crippen LogP contribution < -0.4 is 10.1 Å². The molecule has 0 bridgehead atoms. The lowest BCUT2D eigenvalue weighted by atomic mass is 9.99. The van der Waals surface area contributed by atoms with E-state index in [1.807, 2.05) is 54.6 Å². The number of nitrogens with zero attached hydrogens (tertiary/aromatic N) is 4. The Kier molecular flexibility index (Phi) is 9.98. The Labute approximate surface area is 278 Å². The topological polar surface area (TPSA) is 106 Å². The number of piperazine rings is 1. The van der Waals surface area contributed by atoms with Gasteiger partial charge in [0, 0.05) is 19.5 Å². The molecule has 2 saturated heterocycles. The summed E-state index contributed by atoms with van der Waals surface area (Å²) in [6.07, 6.45) is 1.24. The van der Waals surface area contributed by atoms with Crippen molar-refractivity contribution in [2.75, 3.05) is 32.8 Å². The molecule has 0 radical (unpaired) electrons. The average Bonchev–Trinajstić information content (AvgIpc) is 3.43. The standard InChI is InChI=1S/C37H38FN5O5/c1-2-18-41(37(47)39-22-27-10-14-30(38)15-11-27)42-25-35(45)43-33(21-26-12-16-31(17-13-26)48-20-19-44)36(46)40(24-34(42)43)23-29-8-5-7-28-6-3-4-9-32(28)29/h2-17,33-34,44H,1,18-25H2,(H,39,47)/t33-,34+/m0/s1. The van der Waals surface area contributed by atoms with Crippen molar-refractivity contribution in [3.05, 3.63) is 126 Å². The van der Waals surface area contributed by atoms with Gasteiger partial charge in [-0.15, -0.1) is 6.58 Å². The molecule has 10 nitrogen and oxygen atoms in total. The summed E-state index contributed by atoms with van der Waals surface area (Å²) < 4.78 is 18.9. The van der Waals surface area contributed by atoms with Crippen LogP contribution in [0.3, 0.4) is 0 Å². The number of carbonyl (C=O) groups excluding carboxylic acids is 3. The number of urea groups is 1. The molecule has 48 heavy (non-hydrogen) atoms. The van der Waals surface area contributed by atoms with Gasteiger partial charge in [-0.05, 0) is 51.7 Å². The third-order valence-electron chi connectivity index (χ3n) is 8.72. The summed E-state index contributed by atoms with van der Waals surface area (Å²) >= 11 is 0. The number of hydrogen-bond acceptors (Lipinski definition) is 6. The lowest BCUT2D eigenvalue weighted by Gasteiger charge is -2.46. The number of aliphatic hydroxyl groups excluding tert-OH is 1. The van der Waals surface area contributed by atoms with Crippen molar-refractivity contribution >= 4 is 28.6 Å². The summed E-state index contributed by atoms with van der Waals surface area (Å²) in [5.41, 5.74) is 2.54. The number of rotatable bonds is 12. The smallest absolute Gasteiger partial charge is 0.332 e. The van der Waals surface area contributed by atoms with Gasteiger partial charge >= 0.3 is 6.03 Å². The van der Waals surface area contributed by atoms with Gasteiger partial charge in [0.1, 0.15) is 30.4 Å². The summed E-state index contributed by atoms with van der Waals surface area (Å²) in [6, 6.07) is 25.9. The number of hydrogen-bond donors (Lipinski definition) is 2. The van der Waals surface area contributed by atoms with E-state index in [9.17, 15) is 18.8 Å². The van der Waals surface area contributed by atoms with Crippen molar-refractivity contribution in [2.24, 2.45) is 0 Å². The molecule has 2 heterocycles. The largest absolute Gasteiger partial charge is 0.491 e. The van der Waals surface area contributed by atoms with Crippen LogP contribution in [0.5, 0.6) is 5.75 Å². The normalized spacial score (nSPS) is 17.8. The number of aliphatic hydroxyl groups is 1. The van der Waals surface area contributed by atoms with Gasteiger partial charge in [0.05, 0.1) is 26.2 Å². The van der Waals surface area contributed by atoms with E-state index >= 15 is 0 Å². The molecule has 6 rings (SSSR count). The van der Waals surface area contributed by atoms with Crippen LogP contribution in [0.1, 0.15) is 16.7 Å². The monoisotopic (exact) mass is 651 g/mol. The van der Waals surface area contributed by atoms with Crippen LogP contribution in [-0.4, -0.2) is 87.8 Å². The van der Waals surface area contributed by atoms with Crippen LogP contribution in [-0.2, 0) is 29.1 Å². The number of hydrazine groups is 1. The average molecular weight is 652 g/mol. The second-order valence-corrected chi connectivity index (χ2v) is 11.8. The molecule has 4 aromatic carbocycles. The number of carbonyl (C=O) groups is 3. The molecule has 0 spiro atoms. The van der Waals surface area contributed by atoms with Gasteiger partial charge in [0.25, 0.3) is 0 Å². The molecule has 2 fully saturated rings. The first-order valence-electron chi connectivity index (χ1n) is 15.9. The van der Waals surface area contributed by atoms with E-state index in [2.05, 4.69) is 11.9 Å². The van der Waals surface area contributed by atoms with E-state index in [0.717, 1.165) is 27.5 Å². The molecule has 2 aliphatic rings. The molecule has 0 saturated carbocycles. The van der Waals surface area contributed by atoms with Gasteiger partial charge in [-0.25, -0.2) is 9.18 Å². The molecule has 0 unspecified atom stereocenters. The third-order valence-corrected chi connectivity index (χ3v) is 8.72. The Morgan fingerprint density at radius 3 is 2.48 bits per heavy atom. The number of nitrogens with one attached hydrogen (secondary N) is 1. The Balaban J connectivity index is 1.30. The van der Waals surface area contributed by atoms with Gasteiger partial charge in [-0.1, -0.05) is 72.8 Å². The molecule has 248 valence electrons. The minimum atomic E-state index is -0.812. The Bertz CT molecular complexity index is 1780. The van der Waals surface area contributed by atoms with Crippen molar-refractivity contribution in [1.29, 1.82) is 0 Å². The summed E-state index contributed by atoms with van der Waals surface area (Å²) in [5, 5.41) is 17.2. The number of halogens is 1. The van der Waals surface area contributed by atoms with Gasteiger partial charge in [0.15, 0.2) is 0 Å². The van der Waals surface area contributed by atoms with Gasteiger partial charge in [-0.2, -0.15) is 5.01 Å². The fourth-order valence-electron chi connectivity index (χ4n) is 6.43. The molecule has 2 atom stereocenters. The number of amides is 4. The lowest BCUT2D eigenvalue weighted by molar-refractivity contribution is -0.157. The summed E-state index contributed by atoms with van der Waals surface area (Å²) in [6.45, 7) is 4.62. The van der Waals surface area contributed by atoms with Crippen molar-refractivity contribution in [3.8, 4) is 5.75 Å². The summed E-state index contributed by atoms with van der Waals surface area (Å²) in [4.78, 5) is 45.1. The van der Waals surface area contributed by atoms with Crippen molar-refractivity contribution < 1.29 is 28.6 Å². The summed E-state index contributed by atoms with van der Waals surface area (Å²) in [5.74, 6) is -0.208. The highest BCUT2D eigenvalue weighted by atomic mass is 19.1. The van der Waals surface area contributed by atoms with E-state index in [1.54, 1.807) is 45.2 Å². The maximum Gasteiger partial charge on any atom is 0.332 e. The van der Waals surface area contributed by atoms with Crippen LogP contribution in [0.2, 0.25) is 0 Å². The minimum Gasteiger partial charge on any atom is -0.491 e. The maximum atomic E-state index is 14.3. The molecular weight excluding hydrogens is 613 g/mol. The van der Waals surface area contributed by atoms with Gasteiger partial charge < -0.3 is 25.0 Å². The van der Waals surface area contributed by atoms with Crippen LogP contribution in [0.25, 0.3) is 10.8 Å². The predicted molar refractivity (Wildman–Crippen MR) is 179 cm³/mol. The second-order valence-electron chi connectivity index (χ2n) is 11.8. The zero-order chi connectivity index (χ0) is 33.6. The third kappa shape index (κ3) is 7.02. The highest BCUT2D eigenvalue weighted by Crippen LogP contribution is 2.31. The predicted octanol–water partition coefficient (Wildman–Crippen LogP) is 4.09. The first-order valence-corrected chi connectivity index (χ1v) is 15.9. The zero-order valence-corrected chi connectivity index (χ0v) is 26.5. The van der Waals surface area contributed by atoms with E-state index in [0.29, 0.717) is 12.3 Å². The fourth-order valence-corrected chi connectivity index (χ4v) is 6.43. The maximum absolute atomic E-state index is 14.3. The van der Waals surface area contributed by atoms with Crippen molar-refractivity contribution in [3.63, 3.8) is 0 Å². The van der Waals surface area contributed by atoms with Crippen LogP contribution in [0.4, 0.5) is 9.18 Å². The Morgan fingerprint density at radius 1 is 1.00 bits per heavy atom. The van der Waals surface area contributed by atoms with Gasteiger partial charge in [0.2, 0.25) is 11.8 Å². The minimum absolute atomic E-state index is 0.0949. The Hall–Kier alpha value is -5.26. The molecule has 4 aromatic rings. The molecular formula is C37H38FN5O5. The molecule has 2 N–H and O–H groups in total. The Morgan fingerprint density at radius 2 is 1.73 bits per heavy atom.